The number of carbonyl (C=O) groups excluding carboxylic acids is 1. The minimum absolute atomic E-state index is 0.150. The van der Waals surface area contributed by atoms with Crippen molar-refractivity contribution in [2.75, 3.05) is 7.11 Å². The van der Waals surface area contributed by atoms with Crippen LogP contribution in [0.2, 0.25) is 5.02 Å². The number of thiophene rings is 1. The van der Waals surface area contributed by atoms with Gasteiger partial charge in [-0.1, -0.05) is 23.7 Å². The minimum Gasteiger partial charge on any atom is -0.496 e. The molecule has 0 aliphatic heterocycles. The Hall–Kier alpha value is -2.90. The van der Waals surface area contributed by atoms with Crippen LogP contribution in [-0.4, -0.2) is 27.8 Å². The van der Waals surface area contributed by atoms with E-state index in [-0.39, 0.29) is 5.91 Å². The number of nitrogens with zero attached hydrogens (tertiary/aromatic N) is 3. The minimum atomic E-state index is -0.150. The van der Waals surface area contributed by atoms with E-state index in [1.807, 2.05) is 52.2 Å². The summed E-state index contributed by atoms with van der Waals surface area (Å²) in [7, 11) is 3.50. The molecule has 3 aromatic heterocycles. The van der Waals surface area contributed by atoms with Crippen LogP contribution in [0.15, 0.2) is 30.6 Å². The molecule has 160 valence electrons. The molecular formula is C23H23ClN4O2S. The lowest BCUT2D eigenvalue weighted by Gasteiger charge is -2.09. The van der Waals surface area contributed by atoms with Crippen LogP contribution in [-0.2, 0) is 13.6 Å². The summed E-state index contributed by atoms with van der Waals surface area (Å²) in [5.41, 5.74) is 5.39. The van der Waals surface area contributed by atoms with E-state index in [0.29, 0.717) is 16.4 Å². The fraction of sp³-hybridized carbons (Fsp3) is 0.261. The molecule has 4 aromatic rings. The second kappa shape index (κ2) is 8.32. The zero-order chi connectivity index (χ0) is 22.3. The van der Waals surface area contributed by atoms with E-state index in [2.05, 4.69) is 15.4 Å². The van der Waals surface area contributed by atoms with Crippen molar-refractivity contribution in [1.29, 1.82) is 0 Å². The summed E-state index contributed by atoms with van der Waals surface area (Å²) in [4.78, 5) is 19.3. The number of amides is 1. The predicted molar refractivity (Wildman–Crippen MR) is 125 cm³/mol. The molecule has 0 bridgehead atoms. The third kappa shape index (κ3) is 3.91. The highest BCUT2D eigenvalue weighted by Gasteiger charge is 2.24. The molecular weight excluding hydrogens is 432 g/mol. The number of hydrogen-bond acceptors (Lipinski definition) is 5. The number of aryl methyl sites for hydroxylation is 4. The zero-order valence-corrected chi connectivity index (χ0v) is 19.6. The molecule has 3 heterocycles. The lowest BCUT2D eigenvalue weighted by Crippen LogP contribution is -2.22. The third-order valence-electron chi connectivity index (χ3n) is 5.29. The predicted octanol–water partition coefficient (Wildman–Crippen LogP) is 5.21. The van der Waals surface area contributed by atoms with Gasteiger partial charge < -0.3 is 10.1 Å². The summed E-state index contributed by atoms with van der Waals surface area (Å²) < 4.78 is 7.04. The topological polar surface area (TPSA) is 69.0 Å². The smallest absolute Gasteiger partial charge is 0.262 e. The van der Waals surface area contributed by atoms with E-state index < -0.39 is 0 Å². The van der Waals surface area contributed by atoms with Crippen LogP contribution in [0.5, 0.6) is 5.75 Å². The van der Waals surface area contributed by atoms with E-state index in [1.54, 1.807) is 18.0 Å². The quantitative estimate of drug-likeness (QED) is 0.449. The van der Waals surface area contributed by atoms with Crippen LogP contribution < -0.4 is 10.1 Å². The first-order valence-electron chi connectivity index (χ1n) is 9.80. The largest absolute Gasteiger partial charge is 0.496 e. The maximum absolute atomic E-state index is 13.3. The monoisotopic (exact) mass is 454 g/mol. The first kappa shape index (κ1) is 21.3. The maximum atomic E-state index is 13.3. The Labute approximate surface area is 189 Å². The maximum Gasteiger partial charge on any atom is 0.262 e. The number of rotatable bonds is 5. The average Bonchev–Trinajstić information content (AvgIpc) is 3.33. The molecule has 0 saturated heterocycles. The number of benzene rings is 1. The fourth-order valence-electron chi connectivity index (χ4n) is 3.73. The van der Waals surface area contributed by atoms with Gasteiger partial charge in [0.2, 0.25) is 0 Å². The molecule has 6 nitrogen and oxygen atoms in total. The van der Waals surface area contributed by atoms with Crippen molar-refractivity contribution in [3.05, 3.63) is 62.9 Å². The Morgan fingerprint density at radius 2 is 2.06 bits per heavy atom. The number of ether oxygens (including phenoxy) is 1. The third-order valence-corrected chi connectivity index (χ3v) is 6.93. The molecule has 1 N–H and O–H groups in total. The highest BCUT2D eigenvalue weighted by Crippen LogP contribution is 2.42. The molecule has 4 rings (SSSR count). The average molecular weight is 455 g/mol. The highest BCUT2D eigenvalue weighted by molar-refractivity contribution is 7.21. The summed E-state index contributed by atoms with van der Waals surface area (Å²) in [5, 5.41) is 8.87. The standard InChI is InChI=1S/C23H23ClN4O2S/c1-12-8-15(6-7-17(12)30-5)9-25-22(29)21-19(16-10-26-28(4)11-16)18-13(2)20(24)14(3)27-23(18)31-21/h6-8,10-11H,9H2,1-5H3,(H,25,29). The number of methoxy groups -OCH3 is 1. The first-order valence-corrected chi connectivity index (χ1v) is 11.0. The first-order chi connectivity index (χ1) is 14.8. The normalized spacial score (nSPS) is 11.2. The molecule has 0 unspecified atom stereocenters. The van der Waals surface area contributed by atoms with E-state index in [4.69, 9.17) is 16.3 Å². The number of nitrogens with one attached hydrogen (secondary N) is 1. The van der Waals surface area contributed by atoms with Crippen LogP contribution in [0.4, 0.5) is 0 Å². The van der Waals surface area contributed by atoms with Gasteiger partial charge in [-0.05, 0) is 43.5 Å². The van der Waals surface area contributed by atoms with Gasteiger partial charge in [-0.25, -0.2) is 4.98 Å². The molecule has 0 aliphatic rings. The summed E-state index contributed by atoms with van der Waals surface area (Å²) in [6.45, 7) is 6.24. The molecule has 1 amide bonds. The van der Waals surface area contributed by atoms with Crippen molar-refractivity contribution in [3.63, 3.8) is 0 Å². The van der Waals surface area contributed by atoms with Gasteiger partial charge in [-0.15, -0.1) is 11.3 Å². The summed E-state index contributed by atoms with van der Waals surface area (Å²) >= 11 is 7.88. The summed E-state index contributed by atoms with van der Waals surface area (Å²) in [5.74, 6) is 0.677. The second-order valence-electron chi connectivity index (χ2n) is 7.51. The SMILES string of the molecule is COc1ccc(CNC(=O)c2sc3nc(C)c(Cl)c(C)c3c2-c2cnn(C)c2)cc1C. The number of hydrogen-bond donors (Lipinski definition) is 1. The summed E-state index contributed by atoms with van der Waals surface area (Å²) in [6.07, 6.45) is 3.66. The van der Waals surface area contributed by atoms with Crippen molar-refractivity contribution < 1.29 is 9.53 Å². The number of halogens is 1. The number of pyridine rings is 1. The lowest BCUT2D eigenvalue weighted by molar-refractivity contribution is 0.0955. The molecule has 0 fully saturated rings. The van der Waals surface area contributed by atoms with E-state index in [1.165, 1.54) is 11.3 Å². The van der Waals surface area contributed by atoms with Gasteiger partial charge >= 0.3 is 0 Å². The van der Waals surface area contributed by atoms with Crippen LogP contribution >= 0.6 is 22.9 Å². The van der Waals surface area contributed by atoms with Crippen molar-refractivity contribution in [1.82, 2.24) is 20.1 Å². The fourth-order valence-corrected chi connectivity index (χ4v) is 5.08. The Bertz CT molecular complexity index is 1310. The molecule has 0 aliphatic carbocycles. The lowest BCUT2D eigenvalue weighted by atomic mass is 10.0. The van der Waals surface area contributed by atoms with Gasteiger partial charge in [-0.2, -0.15) is 5.10 Å². The summed E-state index contributed by atoms with van der Waals surface area (Å²) in [6, 6.07) is 5.88. The Morgan fingerprint density at radius 3 is 2.71 bits per heavy atom. The van der Waals surface area contributed by atoms with E-state index >= 15 is 0 Å². The van der Waals surface area contributed by atoms with Gasteiger partial charge in [0.05, 0.1) is 24.0 Å². The van der Waals surface area contributed by atoms with Gasteiger partial charge in [0.15, 0.2) is 0 Å². The van der Waals surface area contributed by atoms with Gasteiger partial charge in [0.1, 0.15) is 15.5 Å². The molecule has 0 saturated carbocycles. The van der Waals surface area contributed by atoms with Crippen LogP contribution in [0.1, 0.15) is 32.1 Å². The number of fused-ring (bicyclic) bond motifs is 1. The van der Waals surface area contributed by atoms with Crippen LogP contribution in [0, 0.1) is 20.8 Å². The van der Waals surface area contributed by atoms with Crippen molar-refractivity contribution in [2.45, 2.75) is 27.3 Å². The van der Waals surface area contributed by atoms with Crippen molar-refractivity contribution in [3.8, 4) is 16.9 Å². The van der Waals surface area contributed by atoms with E-state index in [9.17, 15) is 4.79 Å². The van der Waals surface area contributed by atoms with Gasteiger partial charge in [-0.3, -0.25) is 9.48 Å². The Balaban J connectivity index is 1.75. The van der Waals surface area contributed by atoms with Crippen molar-refractivity contribution in [2.24, 2.45) is 7.05 Å². The van der Waals surface area contributed by atoms with Crippen LogP contribution in [0.3, 0.4) is 0 Å². The van der Waals surface area contributed by atoms with Crippen LogP contribution in [0.25, 0.3) is 21.3 Å². The van der Waals surface area contributed by atoms with Crippen molar-refractivity contribution >= 4 is 39.1 Å². The van der Waals surface area contributed by atoms with Gasteiger partial charge in [0.25, 0.3) is 5.91 Å². The molecule has 31 heavy (non-hydrogen) atoms. The molecule has 8 heteroatoms. The second-order valence-corrected chi connectivity index (χ2v) is 8.89. The molecule has 1 aromatic carbocycles. The Kier molecular flexibility index (Phi) is 5.73. The van der Waals surface area contributed by atoms with E-state index in [0.717, 1.165) is 49.5 Å². The number of aromatic nitrogens is 3. The number of carbonyl (C=O) groups is 1. The molecule has 0 spiro atoms. The molecule has 0 atom stereocenters. The zero-order valence-electron chi connectivity index (χ0n) is 18.0. The highest BCUT2D eigenvalue weighted by atomic mass is 35.5. The Morgan fingerprint density at radius 1 is 1.29 bits per heavy atom. The van der Waals surface area contributed by atoms with Gasteiger partial charge in [0, 0.05) is 36.3 Å². The molecule has 0 radical (unpaired) electrons.